The van der Waals surface area contributed by atoms with Crippen LogP contribution in [-0.4, -0.2) is 59.7 Å². The van der Waals surface area contributed by atoms with Gasteiger partial charge in [-0.3, -0.25) is 14.8 Å². The summed E-state index contributed by atoms with van der Waals surface area (Å²) < 4.78 is 20.3. The summed E-state index contributed by atoms with van der Waals surface area (Å²) in [5, 5.41) is 13.6. The van der Waals surface area contributed by atoms with Crippen molar-refractivity contribution in [3.8, 4) is 0 Å². The maximum Gasteiger partial charge on any atom is 0.414 e. The van der Waals surface area contributed by atoms with Crippen LogP contribution in [0.2, 0.25) is 0 Å². The molecule has 3 heterocycles. The van der Waals surface area contributed by atoms with Crippen molar-refractivity contribution < 1.29 is 18.7 Å². The first-order valence-corrected chi connectivity index (χ1v) is 10.6. The lowest BCUT2D eigenvalue weighted by Gasteiger charge is -2.21. The summed E-state index contributed by atoms with van der Waals surface area (Å²) in [5.74, 6) is -0.356. The number of H-pyrrole nitrogens is 1. The van der Waals surface area contributed by atoms with Gasteiger partial charge in [-0.05, 0) is 36.2 Å². The lowest BCUT2D eigenvalue weighted by atomic mass is 9.97. The second-order valence-corrected chi connectivity index (χ2v) is 8.18. The third kappa shape index (κ3) is 3.72. The van der Waals surface area contributed by atoms with Crippen LogP contribution in [0.4, 0.5) is 20.6 Å². The number of nitrogens with one attached hydrogen (secondary N) is 2. The molecular weight excluding hydrogens is 415 g/mol. The van der Waals surface area contributed by atoms with Crippen LogP contribution in [0.15, 0.2) is 36.4 Å². The van der Waals surface area contributed by atoms with E-state index in [4.69, 9.17) is 4.74 Å². The van der Waals surface area contributed by atoms with Crippen LogP contribution < -0.4 is 15.1 Å². The van der Waals surface area contributed by atoms with Gasteiger partial charge in [0.25, 0.3) is 0 Å². The second-order valence-electron chi connectivity index (χ2n) is 8.18. The van der Waals surface area contributed by atoms with E-state index in [-0.39, 0.29) is 30.7 Å². The molecule has 2 atom stereocenters. The maximum atomic E-state index is 15.1. The predicted octanol–water partition coefficient (Wildman–Crippen LogP) is 2.55. The SMILES string of the molecule is CC(=O)NC[C@H]1CN(c2ccc(N3CC[C@@H](c4cccc5[nH]nnc45)C3)c(F)c2)C(=O)O1. The van der Waals surface area contributed by atoms with E-state index in [0.717, 1.165) is 29.6 Å². The maximum absolute atomic E-state index is 15.1. The van der Waals surface area contributed by atoms with E-state index in [2.05, 4.69) is 26.8 Å². The Morgan fingerprint density at radius 3 is 3.00 bits per heavy atom. The molecule has 2 saturated heterocycles. The van der Waals surface area contributed by atoms with Crippen LogP contribution in [0, 0.1) is 5.82 Å². The molecule has 0 spiro atoms. The number of carbonyl (C=O) groups is 2. The number of hydrogen-bond donors (Lipinski definition) is 2. The summed E-state index contributed by atoms with van der Waals surface area (Å²) in [6.45, 7) is 3.28. The van der Waals surface area contributed by atoms with Gasteiger partial charge in [-0.25, -0.2) is 9.18 Å². The number of fused-ring (bicyclic) bond motifs is 1. The van der Waals surface area contributed by atoms with Gasteiger partial charge in [-0.2, -0.15) is 0 Å². The largest absolute Gasteiger partial charge is 0.442 e. The van der Waals surface area contributed by atoms with Gasteiger partial charge >= 0.3 is 6.09 Å². The predicted molar refractivity (Wildman–Crippen MR) is 116 cm³/mol. The summed E-state index contributed by atoms with van der Waals surface area (Å²) in [6, 6.07) is 10.8. The number of aromatic nitrogens is 3. The zero-order valence-corrected chi connectivity index (χ0v) is 17.5. The zero-order valence-electron chi connectivity index (χ0n) is 17.5. The van der Waals surface area contributed by atoms with Crippen molar-refractivity contribution >= 4 is 34.4 Å². The van der Waals surface area contributed by atoms with E-state index in [1.165, 1.54) is 17.9 Å². The van der Waals surface area contributed by atoms with Crippen molar-refractivity contribution in [2.24, 2.45) is 0 Å². The Bertz CT molecular complexity index is 1180. The minimum Gasteiger partial charge on any atom is -0.442 e. The van der Waals surface area contributed by atoms with Gasteiger partial charge in [-0.15, -0.1) is 5.10 Å². The topological polar surface area (TPSA) is 103 Å². The molecule has 0 bridgehead atoms. The molecule has 0 unspecified atom stereocenters. The molecular formula is C22H23FN6O3. The first kappa shape index (κ1) is 20.2. The van der Waals surface area contributed by atoms with Crippen molar-refractivity contribution in [2.45, 2.75) is 25.4 Å². The zero-order chi connectivity index (χ0) is 22.2. The average Bonchev–Trinajstić information content (AvgIpc) is 3.51. The quantitative estimate of drug-likeness (QED) is 0.635. The van der Waals surface area contributed by atoms with Crippen molar-refractivity contribution in [1.29, 1.82) is 0 Å². The summed E-state index contributed by atoms with van der Waals surface area (Å²) in [6.07, 6.45) is -0.127. The average molecular weight is 438 g/mol. The van der Waals surface area contributed by atoms with Crippen molar-refractivity contribution in [1.82, 2.24) is 20.7 Å². The van der Waals surface area contributed by atoms with Crippen LogP contribution in [0.1, 0.15) is 24.8 Å². The third-order valence-electron chi connectivity index (χ3n) is 6.05. The number of halogens is 1. The minimum absolute atomic E-state index is 0.196. The van der Waals surface area contributed by atoms with E-state index < -0.39 is 12.2 Å². The van der Waals surface area contributed by atoms with Gasteiger partial charge in [0.15, 0.2) is 0 Å². The summed E-state index contributed by atoms with van der Waals surface area (Å²) in [4.78, 5) is 26.7. The highest BCUT2D eigenvalue weighted by molar-refractivity contribution is 5.90. The first-order chi connectivity index (χ1) is 15.5. The number of anilines is 2. The van der Waals surface area contributed by atoms with Crippen molar-refractivity contribution in [3.63, 3.8) is 0 Å². The summed E-state index contributed by atoms with van der Waals surface area (Å²) >= 11 is 0. The lowest BCUT2D eigenvalue weighted by Crippen LogP contribution is -2.33. The number of cyclic esters (lactones) is 1. The number of amides is 2. The van der Waals surface area contributed by atoms with E-state index in [1.807, 2.05) is 17.0 Å². The molecule has 2 amide bonds. The molecule has 0 radical (unpaired) electrons. The fourth-order valence-electron chi connectivity index (χ4n) is 4.47. The Kier molecular flexibility index (Phi) is 5.12. The Labute approximate surface area is 183 Å². The van der Waals surface area contributed by atoms with Gasteiger partial charge in [-0.1, -0.05) is 17.3 Å². The van der Waals surface area contributed by atoms with Gasteiger partial charge in [0, 0.05) is 25.9 Å². The number of nitrogens with zero attached hydrogens (tertiary/aromatic N) is 4. The molecule has 5 rings (SSSR count). The summed E-state index contributed by atoms with van der Waals surface area (Å²) in [7, 11) is 0. The normalized spacial score (nSPS) is 20.8. The van der Waals surface area contributed by atoms with Crippen LogP contribution in [0.5, 0.6) is 0 Å². The first-order valence-electron chi connectivity index (χ1n) is 10.6. The Morgan fingerprint density at radius 1 is 1.31 bits per heavy atom. The molecule has 0 aliphatic carbocycles. The Balaban J connectivity index is 1.29. The number of ether oxygens (including phenoxy) is 1. The second kappa shape index (κ2) is 8.10. The van der Waals surface area contributed by atoms with E-state index >= 15 is 4.39 Å². The highest BCUT2D eigenvalue weighted by Crippen LogP contribution is 2.35. The molecule has 0 saturated carbocycles. The Morgan fingerprint density at radius 2 is 2.19 bits per heavy atom. The molecule has 10 heteroatoms. The van der Waals surface area contributed by atoms with Crippen molar-refractivity contribution in [2.75, 3.05) is 36.0 Å². The van der Waals surface area contributed by atoms with Crippen molar-refractivity contribution in [3.05, 3.63) is 47.8 Å². The molecule has 2 aromatic carbocycles. The minimum atomic E-state index is -0.547. The summed E-state index contributed by atoms with van der Waals surface area (Å²) in [5.41, 5.74) is 3.80. The Hall–Kier alpha value is -3.69. The molecule has 2 aliphatic heterocycles. The molecule has 166 valence electrons. The number of rotatable bonds is 5. The highest BCUT2D eigenvalue weighted by atomic mass is 19.1. The van der Waals surface area contributed by atoms with Crippen LogP contribution in [0.25, 0.3) is 11.0 Å². The molecule has 9 nitrogen and oxygen atoms in total. The molecule has 2 aliphatic rings. The van der Waals surface area contributed by atoms with Gasteiger partial charge in [0.2, 0.25) is 5.91 Å². The fraction of sp³-hybridized carbons (Fsp3) is 0.364. The van der Waals surface area contributed by atoms with Gasteiger partial charge in [0.1, 0.15) is 17.4 Å². The number of aromatic amines is 1. The monoisotopic (exact) mass is 438 g/mol. The van der Waals surface area contributed by atoms with E-state index in [0.29, 0.717) is 17.9 Å². The van der Waals surface area contributed by atoms with Gasteiger partial charge < -0.3 is 15.0 Å². The molecule has 32 heavy (non-hydrogen) atoms. The van der Waals surface area contributed by atoms with E-state index in [9.17, 15) is 9.59 Å². The lowest BCUT2D eigenvalue weighted by molar-refractivity contribution is -0.119. The fourth-order valence-corrected chi connectivity index (χ4v) is 4.47. The number of hydrogen-bond acceptors (Lipinski definition) is 6. The standard InChI is InChI=1S/C22H23FN6O3/c1-13(30)24-10-16-12-29(22(31)32-16)15-5-6-20(18(23)9-15)28-8-7-14(11-28)17-3-2-4-19-21(17)26-27-25-19/h2-6,9,14,16H,7-8,10-12H2,1H3,(H,24,30)(H,25,26,27)/t14-,16+/m1/s1. The van der Waals surface area contributed by atoms with Gasteiger partial charge in [0.05, 0.1) is 30.0 Å². The number of carbonyl (C=O) groups excluding carboxylic acids is 2. The van der Waals surface area contributed by atoms with Crippen LogP contribution in [-0.2, 0) is 9.53 Å². The highest BCUT2D eigenvalue weighted by Gasteiger charge is 2.33. The smallest absolute Gasteiger partial charge is 0.414 e. The molecule has 1 aromatic heterocycles. The number of benzene rings is 2. The molecule has 3 aromatic rings. The third-order valence-corrected chi connectivity index (χ3v) is 6.05. The van der Waals surface area contributed by atoms with E-state index in [1.54, 1.807) is 12.1 Å². The molecule has 2 N–H and O–H groups in total. The van der Waals surface area contributed by atoms with Crippen LogP contribution >= 0.6 is 0 Å². The van der Waals surface area contributed by atoms with Crippen LogP contribution in [0.3, 0.4) is 0 Å². The molecule has 2 fully saturated rings.